The van der Waals surface area contributed by atoms with Crippen LogP contribution in [0.4, 0.5) is 16.2 Å². The van der Waals surface area contributed by atoms with Crippen molar-refractivity contribution < 1.29 is 19.3 Å². The van der Waals surface area contributed by atoms with Crippen LogP contribution in [-0.2, 0) is 4.79 Å². The number of piperazine rings is 1. The van der Waals surface area contributed by atoms with Crippen molar-refractivity contribution in [3.63, 3.8) is 0 Å². The van der Waals surface area contributed by atoms with Gasteiger partial charge >= 0.3 is 6.03 Å². The number of hydrogen-bond donors (Lipinski definition) is 2. The van der Waals surface area contributed by atoms with Crippen LogP contribution in [0.15, 0.2) is 83.6 Å². The van der Waals surface area contributed by atoms with E-state index in [-0.39, 0.29) is 22.9 Å². The molecule has 3 amide bonds. The number of anilines is 1. The van der Waals surface area contributed by atoms with E-state index in [9.17, 15) is 24.5 Å². The van der Waals surface area contributed by atoms with E-state index in [0.717, 1.165) is 15.3 Å². The van der Waals surface area contributed by atoms with Gasteiger partial charge in [-0.05, 0) is 54.1 Å². The van der Waals surface area contributed by atoms with Crippen LogP contribution in [0.5, 0.6) is 0 Å². The fourth-order valence-electron chi connectivity index (χ4n) is 6.17. The van der Waals surface area contributed by atoms with E-state index in [2.05, 4.69) is 10.6 Å². The average Bonchev–Trinajstić information content (AvgIpc) is 3.82. The minimum Gasteiger partial charge on any atom is -0.338 e. The van der Waals surface area contributed by atoms with E-state index < -0.39 is 34.9 Å². The maximum absolute atomic E-state index is 14.6. The Labute approximate surface area is 262 Å². The molecule has 2 aromatic heterocycles. The Morgan fingerprint density at radius 1 is 0.909 bits per heavy atom. The van der Waals surface area contributed by atoms with Crippen molar-refractivity contribution in [1.82, 2.24) is 15.1 Å². The van der Waals surface area contributed by atoms with Crippen molar-refractivity contribution in [2.75, 3.05) is 31.5 Å². The van der Waals surface area contributed by atoms with Crippen molar-refractivity contribution in [1.29, 1.82) is 0 Å². The second-order valence-electron chi connectivity index (χ2n) is 10.9. The molecule has 0 spiro atoms. The molecule has 10 nitrogen and oxygen atoms in total. The maximum atomic E-state index is 14.6. The van der Waals surface area contributed by atoms with Gasteiger partial charge in [0.05, 0.1) is 16.9 Å². The summed E-state index contributed by atoms with van der Waals surface area (Å²) in [5, 5.41) is 21.4. The van der Waals surface area contributed by atoms with Crippen LogP contribution in [0.3, 0.4) is 0 Å². The Balaban J connectivity index is 1.51. The number of amides is 3. The number of non-ortho nitro benzene ring substituents is 1. The standard InChI is InChI=1S/C32H31N5O5S2/c1-20-6-10-22(11-7-20)34-32(40)36-28(25-5-3-19-44-25)27(30(38)21-8-12-23(13-9-21)37(41)42)26(24-4-2-18-43-24)29(36)31(39)35-16-14-33-15-17-35/h2-13,18-19,26-29,33H,14-17H2,1H3,(H,34,40). The number of nitro benzene ring substituents is 1. The zero-order valence-corrected chi connectivity index (χ0v) is 25.6. The van der Waals surface area contributed by atoms with E-state index in [1.54, 1.807) is 9.80 Å². The summed E-state index contributed by atoms with van der Waals surface area (Å²) in [5.74, 6) is -1.95. The molecular formula is C32H31N5O5S2. The fourth-order valence-corrected chi connectivity index (χ4v) is 7.94. The van der Waals surface area contributed by atoms with Crippen molar-refractivity contribution >= 4 is 51.8 Å². The number of rotatable bonds is 7. The molecule has 2 fully saturated rings. The molecule has 2 N–H and O–H groups in total. The predicted molar refractivity (Wildman–Crippen MR) is 170 cm³/mol. The molecule has 2 aliphatic heterocycles. The van der Waals surface area contributed by atoms with Crippen LogP contribution >= 0.6 is 22.7 Å². The molecule has 4 atom stereocenters. The average molecular weight is 630 g/mol. The minimum atomic E-state index is -0.962. The third-order valence-electron chi connectivity index (χ3n) is 8.26. The molecule has 4 unspecified atom stereocenters. The van der Waals surface area contributed by atoms with Gasteiger partial charge in [-0.25, -0.2) is 4.79 Å². The first-order chi connectivity index (χ1) is 21.3. The molecule has 12 heteroatoms. The van der Waals surface area contributed by atoms with E-state index in [1.165, 1.54) is 46.9 Å². The highest BCUT2D eigenvalue weighted by molar-refractivity contribution is 7.10. The Hall–Kier alpha value is -4.39. The van der Waals surface area contributed by atoms with Gasteiger partial charge in [-0.2, -0.15) is 0 Å². The summed E-state index contributed by atoms with van der Waals surface area (Å²) < 4.78 is 0. The highest BCUT2D eigenvalue weighted by Crippen LogP contribution is 2.53. The summed E-state index contributed by atoms with van der Waals surface area (Å²) in [6, 6.07) is 18.3. The topological polar surface area (TPSA) is 125 Å². The van der Waals surface area contributed by atoms with E-state index in [0.29, 0.717) is 31.9 Å². The molecule has 0 saturated carbocycles. The van der Waals surface area contributed by atoms with E-state index in [4.69, 9.17) is 0 Å². The minimum absolute atomic E-state index is 0.122. The lowest BCUT2D eigenvalue weighted by atomic mass is 9.79. The lowest BCUT2D eigenvalue weighted by Gasteiger charge is -2.36. The van der Waals surface area contributed by atoms with Crippen molar-refractivity contribution in [3.05, 3.63) is 115 Å². The first-order valence-electron chi connectivity index (χ1n) is 14.3. The maximum Gasteiger partial charge on any atom is 0.323 e. The number of Topliss-reactive ketones (excluding diaryl/α,β-unsaturated/α-hetero) is 1. The van der Waals surface area contributed by atoms with Crippen LogP contribution < -0.4 is 10.6 Å². The molecular weight excluding hydrogens is 599 g/mol. The van der Waals surface area contributed by atoms with Gasteiger partial charge in [0.2, 0.25) is 5.91 Å². The van der Waals surface area contributed by atoms with Gasteiger partial charge in [0.25, 0.3) is 5.69 Å². The molecule has 0 bridgehead atoms. The molecule has 2 aromatic carbocycles. The third-order valence-corrected chi connectivity index (χ3v) is 10.2. The monoisotopic (exact) mass is 629 g/mol. The van der Waals surface area contributed by atoms with Crippen molar-refractivity contribution in [2.45, 2.75) is 24.9 Å². The Morgan fingerprint density at radius 3 is 2.14 bits per heavy atom. The largest absolute Gasteiger partial charge is 0.338 e. The van der Waals surface area contributed by atoms with Gasteiger partial charge in [-0.1, -0.05) is 29.8 Å². The van der Waals surface area contributed by atoms with Gasteiger partial charge in [-0.15, -0.1) is 22.7 Å². The van der Waals surface area contributed by atoms with Crippen LogP contribution in [0, 0.1) is 23.0 Å². The molecule has 2 aliphatic rings. The van der Waals surface area contributed by atoms with Crippen molar-refractivity contribution in [2.24, 2.45) is 5.92 Å². The smallest absolute Gasteiger partial charge is 0.323 e. The number of ketones is 1. The zero-order chi connectivity index (χ0) is 30.8. The van der Waals surface area contributed by atoms with Gasteiger partial charge in [-0.3, -0.25) is 19.7 Å². The molecule has 6 rings (SSSR count). The molecule has 44 heavy (non-hydrogen) atoms. The Kier molecular flexibility index (Phi) is 8.56. The summed E-state index contributed by atoms with van der Waals surface area (Å²) in [7, 11) is 0. The first-order valence-corrected chi connectivity index (χ1v) is 16.1. The predicted octanol–water partition coefficient (Wildman–Crippen LogP) is 5.70. The van der Waals surface area contributed by atoms with E-state index in [1.807, 2.05) is 66.2 Å². The highest BCUT2D eigenvalue weighted by Gasteiger charge is 2.59. The number of urea groups is 1. The summed E-state index contributed by atoms with van der Waals surface area (Å²) in [6.07, 6.45) is 0. The normalized spacial score (nSPS) is 21.7. The second-order valence-corrected chi connectivity index (χ2v) is 12.9. The van der Waals surface area contributed by atoms with E-state index >= 15 is 0 Å². The highest BCUT2D eigenvalue weighted by atomic mass is 32.1. The number of likely N-dealkylation sites (tertiary alicyclic amines) is 1. The van der Waals surface area contributed by atoms with Crippen LogP contribution in [0.1, 0.15) is 37.6 Å². The zero-order valence-electron chi connectivity index (χ0n) is 23.9. The molecule has 0 radical (unpaired) electrons. The van der Waals surface area contributed by atoms with Gasteiger partial charge in [0.15, 0.2) is 5.78 Å². The number of carbonyl (C=O) groups is 3. The lowest BCUT2D eigenvalue weighted by molar-refractivity contribution is -0.384. The summed E-state index contributed by atoms with van der Waals surface area (Å²) >= 11 is 2.88. The van der Waals surface area contributed by atoms with Crippen molar-refractivity contribution in [3.8, 4) is 0 Å². The number of nitro groups is 1. The number of aryl methyl sites for hydroxylation is 1. The number of nitrogens with zero attached hydrogens (tertiary/aromatic N) is 3. The number of carbonyl (C=O) groups excluding carboxylic acids is 3. The number of nitrogens with one attached hydrogen (secondary N) is 2. The molecule has 4 heterocycles. The number of benzene rings is 2. The molecule has 226 valence electrons. The molecule has 2 saturated heterocycles. The van der Waals surface area contributed by atoms with Gasteiger partial charge < -0.3 is 20.4 Å². The van der Waals surface area contributed by atoms with Gasteiger partial charge in [0.1, 0.15) is 6.04 Å². The van der Waals surface area contributed by atoms with Crippen LogP contribution in [0.25, 0.3) is 0 Å². The SMILES string of the molecule is Cc1ccc(NC(=O)N2C(C(=O)N3CCNCC3)C(c3cccs3)C(C(=O)c3ccc([N+](=O)[O-])cc3)C2c2cccs2)cc1. The lowest BCUT2D eigenvalue weighted by Crippen LogP contribution is -2.55. The second kappa shape index (κ2) is 12.7. The summed E-state index contributed by atoms with van der Waals surface area (Å²) in [6.45, 7) is 4.21. The third kappa shape index (κ3) is 5.75. The molecule has 4 aromatic rings. The first kappa shape index (κ1) is 29.7. The number of thiophene rings is 2. The summed E-state index contributed by atoms with van der Waals surface area (Å²) in [4.78, 5) is 59.3. The van der Waals surface area contributed by atoms with Crippen LogP contribution in [-0.4, -0.2) is 64.7 Å². The molecule has 0 aliphatic carbocycles. The summed E-state index contributed by atoms with van der Waals surface area (Å²) in [5.41, 5.74) is 1.79. The van der Waals surface area contributed by atoms with Gasteiger partial charge in [0, 0.05) is 65.2 Å². The number of hydrogen-bond acceptors (Lipinski definition) is 8. The quantitative estimate of drug-likeness (QED) is 0.154. The van der Waals surface area contributed by atoms with Crippen LogP contribution in [0.2, 0.25) is 0 Å². The Bertz CT molecular complexity index is 1640. The Morgan fingerprint density at radius 2 is 1.55 bits per heavy atom. The fraction of sp³-hybridized carbons (Fsp3) is 0.281.